The molecule has 0 atom stereocenters. The molecule has 0 aliphatic carbocycles. The average molecular weight is 447 g/mol. The quantitative estimate of drug-likeness (QED) is 0.500. The number of anilines is 1. The number of hydrogen-bond donors (Lipinski definition) is 2. The number of benzene rings is 2. The summed E-state index contributed by atoms with van der Waals surface area (Å²) in [6.45, 7) is 1.50. The second-order valence-electron chi connectivity index (χ2n) is 8.05. The van der Waals surface area contributed by atoms with Gasteiger partial charge in [0.25, 0.3) is 5.56 Å². The van der Waals surface area contributed by atoms with Crippen LogP contribution in [0.1, 0.15) is 30.1 Å². The monoisotopic (exact) mass is 447 g/mol. The van der Waals surface area contributed by atoms with E-state index in [1.807, 2.05) is 30.3 Å². The van der Waals surface area contributed by atoms with E-state index < -0.39 is 0 Å². The van der Waals surface area contributed by atoms with Crippen molar-refractivity contribution in [3.8, 4) is 0 Å². The van der Waals surface area contributed by atoms with Gasteiger partial charge in [0.1, 0.15) is 11.6 Å². The highest BCUT2D eigenvalue weighted by atomic mass is 19.1. The molecule has 1 fully saturated rings. The molecule has 1 aliphatic rings. The van der Waals surface area contributed by atoms with E-state index >= 15 is 0 Å². The molecular formula is C23H22FN7O2. The number of aromatic nitrogens is 5. The zero-order chi connectivity index (χ0) is 22.8. The molecule has 10 heteroatoms. The van der Waals surface area contributed by atoms with E-state index in [4.69, 9.17) is 0 Å². The average Bonchev–Trinajstić information content (AvgIpc) is 3.24. The van der Waals surface area contributed by atoms with E-state index in [1.54, 1.807) is 9.58 Å². The summed E-state index contributed by atoms with van der Waals surface area (Å²) in [6, 6.07) is 15.2. The molecule has 1 saturated heterocycles. The number of rotatable bonds is 4. The maximum Gasteiger partial charge on any atom is 0.321 e. The smallest absolute Gasteiger partial charge is 0.321 e. The molecule has 1 aliphatic heterocycles. The van der Waals surface area contributed by atoms with Crippen LogP contribution in [-0.2, 0) is 6.54 Å². The number of hydrogen-bond acceptors (Lipinski definition) is 5. The largest absolute Gasteiger partial charge is 0.324 e. The van der Waals surface area contributed by atoms with Gasteiger partial charge in [0.05, 0.1) is 6.54 Å². The fraction of sp³-hybridized carbons (Fsp3) is 0.261. The summed E-state index contributed by atoms with van der Waals surface area (Å²) in [4.78, 5) is 34.4. The van der Waals surface area contributed by atoms with Crippen molar-refractivity contribution in [3.05, 3.63) is 82.2 Å². The molecule has 0 radical (unpaired) electrons. The van der Waals surface area contributed by atoms with E-state index in [-0.39, 0.29) is 28.8 Å². The molecule has 0 bridgehead atoms. The summed E-state index contributed by atoms with van der Waals surface area (Å²) in [6.07, 6.45) is 1.32. The molecule has 0 saturated carbocycles. The Bertz CT molecular complexity index is 1330. The van der Waals surface area contributed by atoms with Crippen molar-refractivity contribution in [1.82, 2.24) is 29.9 Å². The summed E-state index contributed by atoms with van der Waals surface area (Å²) in [5.74, 6) is 0.243. The summed E-state index contributed by atoms with van der Waals surface area (Å²) >= 11 is 0. The standard InChI is InChI=1S/C23H22FN7O2/c24-17-6-8-18(9-7-17)25-23(33)30-12-10-16(11-13-30)20-26-21-19(22(32)27-20)28-29-31(21)14-15-4-2-1-3-5-15/h1-9,16H,10-14H2,(H,25,33)(H,26,27,32). The van der Waals surface area contributed by atoms with Crippen LogP contribution in [0.25, 0.3) is 11.2 Å². The molecule has 5 rings (SSSR count). The van der Waals surface area contributed by atoms with Gasteiger partial charge >= 0.3 is 6.03 Å². The van der Waals surface area contributed by atoms with E-state index in [2.05, 4.69) is 25.6 Å². The summed E-state index contributed by atoms with van der Waals surface area (Å²) in [7, 11) is 0. The van der Waals surface area contributed by atoms with E-state index in [9.17, 15) is 14.0 Å². The molecule has 9 nitrogen and oxygen atoms in total. The Morgan fingerprint density at radius 2 is 1.82 bits per heavy atom. The number of urea groups is 1. The minimum absolute atomic E-state index is 0.0112. The van der Waals surface area contributed by atoms with Gasteiger partial charge in [-0.2, -0.15) is 0 Å². The number of likely N-dealkylation sites (tertiary alicyclic amines) is 1. The lowest BCUT2D eigenvalue weighted by Gasteiger charge is -2.31. The number of carbonyl (C=O) groups is 1. The molecule has 168 valence electrons. The van der Waals surface area contributed by atoms with Crippen molar-refractivity contribution in [2.45, 2.75) is 25.3 Å². The number of aromatic amines is 1. The Morgan fingerprint density at radius 1 is 1.09 bits per heavy atom. The van der Waals surface area contributed by atoms with Crippen LogP contribution in [0.15, 0.2) is 59.4 Å². The minimum Gasteiger partial charge on any atom is -0.324 e. The molecule has 2 aromatic carbocycles. The zero-order valence-electron chi connectivity index (χ0n) is 17.7. The van der Waals surface area contributed by atoms with Crippen molar-refractivity contribution in [2.24, 2.45) is 0 Å². The lowest BCUT2D eigenvalue weighted by Crippen LogP contribution is -2.41. The Labute approximate surface area is 188 Å². The van der Waals surface area contributed by atoms with Crippen LogP contribution in [-0.4, -0.2) is 49.0 Å². The molecule has 0 unspecified atom stereocenters. The van der Waals surface area contributed by atoms with Crippen LogP contribution in [0.5, 0.6) is 0 Å². The Balaban J connectivity index is 1.29. The maximum absolute atomic E-state index is 13.1. The predicted molar refractivity (Wildman–Crippen MR) is 120 cm³/mol. The maximum atomic E-state index is 13.1. The Hall–Kier alpha value is -4.08. The van der Waals surface area contributed by atoms with Crippen molar-refractivity contribution in [3.63, 3.8) is 0 Å². The highest BCUT2D eigenvalue weighted by Gasteiger charge is 2.26. The van der Waals surface area contributed by atoms with Crippen LogP contribution in [0.3, 0.4) is 0 Å². The highest BCUT2D eigenvalue weighted by molar-refractivity contribution is 5.89. The molecule has 33 heavy (non-hydrogen) atoms. The first kappa shape index (κ1) is 20.8. The van der Waals surface area contributed by atoms with Crippen LogP contribution in [0.4, 0.5) is 14.9 Å². The first-order chi connectivity index (χ1) is 16.1. The van der Waals surface area contributed by atoms with Crippen molar-refractivity contribution in [2.75, 3.05) is 18.4 Å². The first-order valence-corrected chi connectivity index (χ1v) is 10.8. The number of amides is 2. The second kappa shape index (κ2) is 8.81. The minimum atomic E-state index is -0.354. The summed E-state index contributed by atoms with van der Waals surface area (Å²) in [5, 5.41) is 10.9. The molecule has 3 heterocycles. The third-order valence-electron chi connectivity index (χ3n) is 5.83. The second-order valence-corrected chi connectivity index (χ2v) is 8.05. The highest BCUT2D eigenvalue weighted by Crippen LogP contribution is 2.26. The van der Waals surface area contributed by atoms with Gasteiger partial charge in [-0.25, -0.2) is 18.9 Å². The van der Waals surface area contributed by atoms with E-state index in [0.717, 1.165) is 5.56 Å². The number of nitrogens with one attached hydrogen (secondary N) is 2. The normalized spacial score (nSPS) is 14.5. The number of halogens is 1. The van der Waals surface area contributed by atoms with Gasteiger partial charge in [0.15, 0.2) is 11.2 Å². The molecule has 4 aromatic rings. The van der Waals surface area contributed by atoms with Gasteiger partial charge in [-0.1, -0.05) is 35.5 Å². The predicted octanol–water partition coefficient (Wildman–Crippen LogP) is 3.11. The molecule has 2 aromatic heterocycles. The number of nitrogens with zero attached hydrogens (tertiary/aromatic N) is 5. The zero-order valence-corrected chi connectivity index (χ0v) is 17.7. The van der Waals surface area contributed by atoms with Crippen LogP contribution < -0.4 is 10.9 Å². The van der Waals surface area contributed by atoms with Crippen molar-refractivity contribution in [1.29, 1.82) is 0 Å². The van der Waals surface area contributed by atoms with Crippen LogP contribution >= 0.6 is 0 Å². The Morgan fingerprint density at radius 3 is 2.55 bits per heavy atom. The fourth-order valence-electron chi connectivity index (χ4n) is 4.03. The number of fused-ring (bicyclic) bond motifs is 1. The summed E-state index contributed by atoms with van der Waals surface area (Å²) in [5.41, 5.74) is 1.93. The molecule has 0 spiro atoms. The van der Waals surface area contributed by atoms with Crippen molar-refractivity contribution >= 4 is 22.9 Å². The van der Waals surface area contributed by atoms with Gasteiger partial charge in [0, 0.05) is 24.7 Å². The SMILES string of the molecule is O=C(Nc1ccc(F)cc1)N1CCC(c2nc3c(nnn3Cc3ccccc3)c(=O)[nH]2)CC1. The lowest BCUT2D eigenvalue weighted by molar-refractivity contribution is 0.193. The van der Waals surface area contributed by atoms with Crippen LogP contribution in [0.2, 0.25) is 0 Å². The number of H-pyrrole nitrogens is 1. The summed E-state index contributed by atoms with van der Waals surface area (Å²) < 4.78 is 14.7. The van der Waals surface area contributed by atoms with Gasteiger partial charge in [0.2, 0.25) is 0 Å². The van der Waals surface area contributed by atoms with E-state index in [0.29, 0.717) is 49.6 Å². The number of piperidine rings is 1. The lowest BCUT2D eigenvalue weighted by atomic mass is 9.96. The van der Waals surface area contributed by atoms with Gasteiger partial charge in [-0.05, 0) is 42.7 Å². The van der Waals surface area contributed by atoms with Crippen molar-refractivity contribution < 1.29 is 9.18 Å². The van der Waals surface area contributed by atoms with Gasteiger partial charge in [-0.15, -0.1) is 5.10 Å². The number of carbonyl (C=O) groups excluding carboxylic acids is 1. The molecular weight excluding hydrogens is 425 g/mol. The third kappa shape index (κ3) is 4.45. The molecule has 2 amide bonds. The van der Waals surface area contributed by atoms with Gasteiger partial charge < -0.3 is 15.2 Å². The third-order valence-corrected chi connectivity index (χ3v) is 5.83. The van der Waals surface area contributed by atoms with Crippen LogP contribution in [0, 0.1) is 5.82 Å². The Kier molecular flexibility index (Phi) is 5.55. The topological polar surface area (TPSA) is 109 Å². The fourth-order valence-corrected chi connectivity index (χ4v) is 4.03. The van der Waals surface area contributed by atoms with Gasteiger partial charge in [-0.3, -0.25) is 4.79 Å². The first-order valence-electron chi connectivity index (χ1n) is 10.8. The van der Waals surface area contributed by atoms with E-state index in [1.165, 1.54) is 24.3 Å². The molecule has 2 N–H and O–H groups in total.